The molecular formula is C17H14F2N2O3S. The van der Waals surface area contributed by atoms with Crippen molar-refractivity contribution in [1.29, 1.82) is 0 Å². The molecule has 2 aromatic carbocycles. The van der Waals surface area contributed by atoms with Gasteiger partial charge in [-0.15, -0.1) is 0 Å². The van der Waals surface area contributed by atoms with Gasteiger partial charge in [0, 0.05) is 21.8 Å². The Labute approximate surface area is 147 Å². The summed E-state index contributed by atoms with van der Waals surface area (Å²) in [6.45, 7) is 0.790. The Morgan fingerprint density at radius 3 is 2.60 bits per heavy atom. The van der Waals surface area contributed by atoms with Crippen LogP contribution in [-0.2, 0) is 4.74 Å². The van der Waals surface area contributed by atoms with Crippen LogP contribution >= 0.6 is 11.8 Å². The summed E-state index contributed by atoms with van der Waals surface area (Å²) in [5, 5.41) is 2.72. The van der Waals surface area contributed by atoms with Gasteiger partial charge in [-0.05, 0) is 42.5 Å². The summed E-state index contributed by atoms with van der Waals surface area (Å²) in [6.07, 6.45) is -0.421. The number of hydrogen-bond donors (Lipinski definition) is 1. The second-order valence-electron chi connectivity index (χ2n) is 5.17. The normalized spacial score (nSPS) is 13.9. The van der Waals surface area contributed by atoms with Gasteiger partial charge in [0.15, 0.2) is 0 Å². The van der Waals surface area contributed by atoms with Gasteiger partial charge in [0.2, 0.25) is 0 Å². The Morgan fingerprint density at radius 2 is 1.96 bits per heavy atom. The van der Waals surface area contributed by atoms with E-state index < -0.39 is 11.9 Å². The molecule has 0 saturated carbocycles. The number of hydrogen-bond acceptors (Lipinski definition) is 4. The highest BCUT2D eigenvalue weighted by Crippen LogP contribution is 2.26. The van der Waals surface area contributed by atoms with E-state index in [4.69, 9.17) is 4.74 Å². The van der Waals surface area contributed by atoms with Crippen LogP contribution in [0.4, 0.5) is 25.0 Å². The van der Waals surface area contributed by atoms with Crippen LogP contribution in [0.5, 0.6) is 0 Å². The standard InChI is InChI=1S/C17H14F2N2O3S/c18-16(19)25-14-6-4-11(5-7-14)15(22)20-12-2-1-3-13(10-12)21-8-9-24-17(21)23/h1-7,10,16H,8-9H2,(H,20,22). The lowest BCUT2D eigenvalue weighted by Crippen LogP contribution is -2.23. The number of anilines is 2. The van der Waals surface area contributed by atoms with Gasteiger partial charge in [0.1, 0.15) is 6.61 Å². The molecule has 25 heavy (non-hydrogen) atoms. The summed E-state index contributed by atoms with van der Waals surface area (Å²) in [7, 11) is 0. The predicted molar refractivity (Wildman–Crippen MR) is 91.4 cm³/mol. The molecule has 1 aliphatic heterocycles. The Bertz CT molecular complexity index is 784. The Balaban J connectivity index is 1.69. The van der Waals surface area contributed by atoms with E-state index in [1.807, 2.05) is 0 Å². The van der Waals surface area contributed by atoms with Crippen LogP contribution in [0.25, 0.3) is 0 Å². The molecule has 0 aromatic heterocycles. The molecule has 0 spiro atoms. The Kier molecular flexibility index (Phi) is 5.18. The molecule has 1 fully saturated rings. The van der Waals surface area contributed by atoms with Crippen molar-refractivity contribution in [3.05, 3.63) is 54.1 Å². The molecule has 5 nitrogen and oxygen atoms in total. The number of cyclic esters (lactones) is 1. The van der Waals surface area contributed by atoms with E-state index in [0.29, 0.717) is 46.7 Å². The molecule has 0 unspecified atom stereocenters. The topological polar surface area (TPSA) is 58.6 Å². The number of nitrogens with zero attached hydrogens (tertiary/aromatic N) is 1. The van der Waals surface area contributed by atoms with Crippen LogP contribution in [-0.4, -0.2) is 30.9 Å². The second kappa shape index (κ2) is 7.52. The van der Waals surface area contributed by atoms with E-state index in [-0.39, 0.29) is 5.91 Å². The average Bonchev–Trinajstić information content (AvgIpc) is 3.01. The first-order chi connectivity index (χ1) is 12.0. The first-order valence-electron chi connectivity index (χ1n) is 7.43. The fourth-order valence-electron chi connectivity index (χ4n) is 2.37. The molecular weight excluding hydrogens is 350 g/mol. The predicted octanol–water partition coefficient (Wildman–Crippen LogP) is 4.21. The SMILES string of the molecule is O=C(Nc1cccc(N2CCOC2=O)c1)c1ccc(SC(F)F)cc1. The molecule has 0 aliphatic carbocycles. The van der Waals surface area contributed by atoms with Crippen molar-refractivity contribution in [2.24, 2.45) is 0 Å². The number of alkyl halides is 2. The molecule has 1 saturated heterocycles. The molecule has 0 atom stereocenters. The molecule has 1 aliphatic rings. The van der Waals surface area contributed by atoms with Crippen LogP contribution < -0.4 is 10.2 Å². The number of thioether (sulfide) groups is 1. The third-order valence-corrected chi connectivity index (χ3v) is 4.24. The minimum Gasteiger partial charge on any atom is -0.447 e. The first-order valence-corrected chi connectivity index (χ1v) is 8.31. The van der Waals surface area contributed by atoms with Crippen molar-refractivity contribution in [3.8, 4) is 0 Å². The van der Waals surface area contributed by atoms with Crippen molar-refractivity contribution in [2.75, 3.05) is 23.4 Å². The molecule has 0 radical (unpaired) electrons. The summed E-state index contributed by atoms with van der Waals surface area (Å²) in [4.78, 5) is 25.7. The van der Waals surface area contributed by atoms with Gasteiger partial charge >= 0.3 is 6.09 Å². The molecule has 3 rings (SSSR count). The number of carbonyl (C=O) groups is 2. The van der Waals surface area contributed by atoms with Crippen molar-refractivity contribution in [1.82, 2.24) is 0 Å². The summed E-state index contributed by atoms with van der Waals surface area (Å²) in [5.74, 6) is -2.87. The Hall–Kier alpha value is -2.61. The fourth-order valence-corrected chi connectivity index (χ4v) is 2.87. The van der Waals surface area contributed by atoms with Crippen molar-refractivity contribution >= 4 is 35.1 Å². The van der Waals surface area contributed by atoms with Crippen molar-refractivity contribution in [2.45, 2.75) is 10.7 Å². The van der Waals surface area contributed by atoms with Gasteiger partial charge < -0.3 is 10.1 Å². The lowest BCUT2D eigenvalue weighted by Gasteiger charge is -2.14. The number of carbonyl (C=O) groups excluding carboxylic acids is 2. The lowest BCUT2D eigenvalue weighted by molar-refractivity contribution is 0.102. The van der Waals surface area contributed by atoms with Crippen LogP contribution in [0.1, 0.15) is 10.4 Å². The van der Waals surface area contributed by atoms with E-state index in [0.717, 1.165) is 0 Å². The zero-order valence-electron chi connectivity index (χ0n) is 12.9. The largest absolute Gasteiger partial charge is 0.447 e. The van der Waals surface area contributed by atoms with Gasteiger partial charge in [-0.25, -0.2) is 4.79 Å². The van der Waals surface area contributed by atoms with Crippen LogP contribution in [0.3, 0.4) is 0 Å². The summed E-state index contributed by atoms with van der Waals surface area (Å²) in [6, 6.07) is 12.8. The highest BCUT2D eigenvalue weighted by Gasteiger charge is 2.23. The quantitative estimate of drug-likeness (QED) is 0.808. The maximum atomic E-state index is 12.3. The van der Waals surface area contributed by atoms with E-state index in [2.05, 4.69) is 5.32 Å². The van der Waals surface area contributed by atoms with E-state index in [9.17, 15) is 18.4 Å². The number of benzene rings is 2. The minimum atomic E-state index is -2.50. The average molecular weight is 364 g/mol. The highest BCUT2D eigenvalue weighted by molar-refractivity contribution is 7.99. The van der Waals surface area contributed by atoms with Gasteiger partial charge in [-0.1, -0.05) is 17.8 Å². The maximum absolute atomic E-state index is 12.3. The molecule has 2 aromatic rings. The number of halogens is 2. The number of amides is 2. The first kappa shape index (κ1) is 17.2. The third kappa shape index (κ3) is 4.27. The molecule has 0 bridgehead atoms. The lowest BCUT2D eigenvalue weighted by atomic mass is 10.2. The summed E-state index contributed by atoms with van der Waals surface area (Å²) >= 11 is 0.425. The Morgan fingerprint density at radius 1 is 1.20 bits per heavy atom. The van der Waals surface area contributed by atoms with Crippen LogP contribution in [0.2, 0.25) is 0 Å². The monoisotopic (exact) mass is 364 g/mol. The minimum absolute atomic E-state index is 0.332. The molecule has 1 heterocycles. The summed E-state index contributed by atoms with van der Waals surface area (Å²) in [5.41, 5.74) is 1.50. The van der Waals surface area contributed by atoms with Crippen LogP contribution in [0, 0.1) is 0 Å². The zero-order chi connectivity index (χ0) is 17.8. The van der Waals surface area contributed by atoms with Crippen molar-refractivity contribution in [3.63, 3.8) is 0 Å². The number of nitrogens with one attached hydrogen (secondary N) is 1. The molecule has 8 heteroatoms. The molecule has 2 amide bonds. The van der Waals surface area contributed by atoms with Gasteiger partial charge in [-0.2, -0.15) is 8.78 Å². The van der Waals surface area contributed by atoms with E-state index >= 15 is 0 Å². The highest BCUT2D eigenvalue weighted by atomic mass is 32.2. The molecule has 130 valence electrons. The van der Waals surface area contributed by atoms with Gasteiger partial charge in [0.25, 0.3) is 11.7 Å². The van der Waals surface area contributed by atoms with Crippen molar-refractivity contribution < 1.29 is 23.1 Å². The maximum Gasteiger partial charge on any atom is 0.414 e. The summed E-state index contributed by atoms with van der Waals surface area (Å²) < 4.78 is 29.5. The fraction of sp³-hybridized carbons (Fsp3) is 0.176. The van der Waals surface area contributed by atoms with E-state index in [1.165, 1.54) is 29.2 Å². The molecule has 1 N–H and O–H groups in total. The zero-order valence-corrected chi connectivity index (χ0v) is 13.8. The van der Waals surface area contributed by atoms with Crippen LogP contribution in [0.15, 0.2) is 53.4 Å². The number of rotatable bonds is 5. The smallest absolute Gasteiger partial charge is 0.414 e. The van der Waals surface area contributed by atoms with Gasteiger partial charge in [0.05, 0.1) is 6.54 Å². The van der Waals surface area contributed by atoms with Gasteiger partial charge in [-0.3, -0.25) is 9.69 Å². The third-order valence-electron chi connectivity index (χ3n) is 3.52. The number of ether oxygens (including phenoxy) is 1. The van der Waals surface area contributed by atoms with E-state index in [1.54, 1.807) is 24.3 Å². The second-order valence-corrected chi connectivity index (χ2v) is 6.24.